The Morgan fingerprint density at radius 3 is 1.30 bits per heavy atom. The highest BCUT2D eigenvalue weighted by Crippen LogP contribution is 2.08. The molecule has 0 rings (SSSR count). The molecule has 4 nitrogen and oxygen atoms in total. The SMILES string of the molecule is O=S(=O)(C=CCCCCCCC=CS(=O)(=O)CBr)CBr. The van der Waals surface area contributed by atoms with Gasteiger partial charge in [-0.1, -0.05) is 56.9 Å². The summed E-state index contributed by atoms with van der Waals surface area (Å²) in [7, 11) is -6.15. The van der Waals surface area contributed by atoms with Crippen molar-refractivity contribution >= 4 is 51.5 Å². The number of halogens is 2. The van der Waals surface area contributed by atoms with Crippen LogP contribution in [0.2, 0.25) is 0 Å². The number of hydrogen-bond acceptors (Lipinski definition) is 4. The average molecular weight is 452 g/mol. The number of hydrogen-bond donors (Lipinski definition) is 0. The van der Waals surface area contributed by atoms with Gasteiger partial charge in [-0.05, 0) is 25.7 Å². The maximum Gasteiger partial charge on any atom is 0.181 e. The van der Waals surface area contributed by atoms with E-state index in [2.05, 4.69) is 31.9 Å². The van der Waals surface area contributed by atoms with E-state index in [1.54, 1.807) is 12.2 Å². The van der Waals surface area contributed by atoms with E-state index in [-0.39, 0.29) is 9.32 Å². The van der Waals surface area contributed by atoms with Crippen LogP contribution in [0.1, 0.15) is 38.5 Å². The molecule has 0 radical (unpaired) electrons. The van der Waals surface area contributed by atoms with Crippen LogP contribution in [0.3, 0.4) is 0 Å². The van der Waals surface area contributed by atoms with E-state index >= 15 is 0 Å². The van der Waals surface area contributed by atoms with Crippen LogP contribution < -0.4 is 0 Å². The Labute approximate surface area is 138 Å². The smallest absolute Gasteiger partial charge is 0.181 e. The van der Waals surface area contributed by atoms with Crippen molar-refractivity contribution in [3.05, 3.63) is 23.0 Å². The number of unbranched alkanes of at least 4 members (excludes halogenated alkanes) is 5. The van der Waals surface area contributed by atoms with Crippen molar-refractivity contribution in [1.82, 2.24) is 0 Å². The molecule has 8 heteroatoms. The Morgan fingerprint density at radius 1 is 0.650 bits per heavy atom. The molecule has 0 fully saturated rings. The Balaban J connectivity index is 3.61. The summed E-state index contributed by atoms with van der Waals surface area (Å²) in [6.07, 6.45) is 8.77. The summed E-state index contributed by atoms with van der Waals surface area (Å²) in [5, 5.41) is 2.49. The minimum absolute atomic E-state index is 0.0415. The molecule has 0 aromatic rings. The van der Waals surface area contributed by atoms with Crippen molar-refractivity contribution in [2.24, 2.45) is 0 Å². The van der Waals surface area contributed by atoms with Gasteiger partial charge in [0.25, 0.3) is 0 Å². The van der Waals surface area contributed by atoms with Gasteiger partial charge in [-0.2, -0.15) is 0 Å². The van der Waals surface area contributed by atoms with Crippen LogP contribution in [0.25, 0.3) is 0 Å². The topological polar surface area (TPSA) is 68.3 Å². The fraction of sp³-hybridized carbons (Fsp3) is 0.667. The fourth-order valence-electron chi connectivity index (χ4n) is 1.38. The lowest BCUT2D eigenvalue weighted by atomic mass is 10.1. The van der Waals surface area contributed by atoms with E-state index in [1.165, 1.54) is 10.8 Å². The molecule has 20 heavy (non-hydrogen) atoms. The summed E-state index contributed by atoms with van der Waals surface area (Å²) in [5.41, 5.74) is 0. The Hall–Kier alpha value is 0.340. The normalized spacial score (nSPS) is 13.5. The zero-order valence-corrected chi connectivity index (χ0v) is 16.0. The molecule has 0 heterocycles. The first-order valence-corrected chi connectivity index (χ1v) is 11.9. The zero-order valence-electron chi connectivity index (χ0n) is 11.2. The number of sulfone groups is 2. The van der Waals surface area contributed by atoms with Gasteiger partial charge in [0.15, 0.2) is 19.7 Å². The lowest BCUT2D eigenvalue weighted by molar-refractivity contribution is 0.606. The average Bonchev–Trinajstić information content (AvgIpc) is 2.41. The maximum atomic E-state index is 11.1. The second kappa shape index (κ2) is 11.0. The molecule has 0 aliphatic carbocycles. The monoisotopic (exact) mass is 450 g/mol. The molecule has 0 spiro atoms. The minimum atomic E-state index is -3.07. The third-order valence-electron chi connectivity index (χ3n) is 2.40. The van der Waals surface area contributed by atoms with Crippen molar-refractivity contribution in [3.8, 4) is 0 Å². The highest BCUT2D eigenvalue weighted by atomic mass is 79.9. The highest BCUT2D eigenvalue weighted by molar-refractivity contribution is 9.11. The lowest BCUT2D eigenvalue weighted by Gasteiger charge is -1.97. The second-order valence-electron chi connectivity index (χ2n) is 4.28. The van der Waals surface area contributed by atoms with Gasteiger partial charge in [0.05, 0.1) is 0 Å². The maximum absolute atomic E-state index is 11.1. The standard InChI is InChI=1S/C12H20Br2O4S2/c13-11-19(15,16)9-7-5-3-1-2-4-6-8-10-20(17,18)12-14/h7-10H,1-6,11-12H2. The Kier molecular flexibility index (Phi) is 11.2. The molecule has 0 saturated heterocycles. The van der Waals surface area contributed by atoms with Crippen LogP contribution in [0.4, 0.5) is 0 Å². The summed E-state index contributed by atoms with van der Waals surface area (Å²) in [6.45, 7) is 0. The van der Waals surface area contributed by atoms with Gasteiger partial charge < -0.3 is 0 Å². The Morgan fingerprint density at radius 2 is 1.00 bits per heavy atom. The van der Waals surface area contributed by atoms with E-state index < -0.39 is 19.7 Å². The molecule has 0 unspecified atom stereocenters. The van der Waals surface area contributed by atoms with Crippen LogP contribution in [-0.4, -0.2) is 26.2 Å². The van der Waals surface area contributed by atoms with Crippen molar-refractivity contribution in [1.29, 1.82) is 0 Å². The largest absolute Gasteiger partial charge is 0.223 e. The molecule has 0 saturated carbocycles. The molecule has 118 valence electrons. The summed E-state index contributed by atoms with van der Waals surface area (Å²) >= 11 is 5.83. The van der Waals surface area contributed by atoms with Crippen molar-refractivity contribution in [2.45, 2.75) is 38.5 Å². The lowest BCUT2D eigenvalue weighted by Crippen LogP contribution is -1.94. The van der Waals surface area contributed by atoms with Gasteiger partial charge in [0, 0.05) is 10.8 Å². The molecule has 0 bridgehead atoms. The number of allylic oxidation sites excluding steroid dienone is 2. The number of alkyl halides is 2. The highest BCUT2D eigenvalue weighted by Gasteiger charge is 2.01. The summed E-state index contributed by atoms with van der Waals surface area (Å²) in [5.74, 6) is 0. The molecular formula is C12H20Br2O4S2. The fourth-order valence-corrected chi connectivity index (χ4v) is 3.30. The first-order valence-electron chi connectivity index (χ1n) is 6.23. The molecule has 0 aliphatic rings. The van der Waals surface area contributed by atoms with Gasteiger partial charge in [0.2, 0.25) is 0 Å². The van der Waals surface area contributed by atoms with E-state index in [0.29, 0.717) is 0 Å². The molecule has 0 amide bonds. The Bertz CT molecular complexity index is 460. The van der Waals surface area contributed by atoms with Crippen LogP contribution in [0, 0.1) is 0 Å². The van der Waals surface area contributed by atoms with Gasteiger partial charge in [-0.25, -0.2) is 16.8 Å². The number of rotatable bonds is 11. The van der Waals surface area contributed by atoms with E-state index in [0.717, 1.165) is 38.5 Å². The molecule has 0 atom stereocenters. The predicted molar refractivity (Wildman–Crippen MR) is 91.4 cm³/mol. The van der Waals surface area contributed by atoms with E-state index in [1.807, 2.05) is 0 Å². The van der Waals surface area contributed by atoms with Crippen LogP contribution in [0.5, 0.6) is 0 Å². The van der Waals surface area contributed by atoms with Crippen LogP contribution >= 0.6 is 31.9 Å². The van der Waals surface area contributed by atoms with Crippen LogP contribution in [-0.2, 0) is 19.7 Å². The molecule has 0 aromatic heterocycles. The first kappa shape index (κ1) is 20.3. The van der Waals surface area contributed by atoms with Gasteiger partial charge in [0.1, 0.15) is 9.32 Å². The summed E-state index contributed by atoms with van der Waals surface area (Å²) < 4.78 is 44.4. The molecule has 0 N–H and O–H groups in total. The van der Waals surface area contributed by atoms with Gasteiger partial charge in [-0.15, -0.1) is 0 Å². The van der Waals surface area contributed by atoms with E-state index in [4.69, 9.17) is 0 Å². The van der Waals surface area contributed by atoms with Gasteiger partial charge >= 0.3 is 0 Å². The first-order chi connectivity index (χ1) is 9.33. The van der Waals surface area contributed by atoms with Crippen LogP contribution in [0.15, 0.2) is 23.0 Å². The third kappa shape index (κ3) is 12.1. The van der Waals surface area contributed by atoms with Gasteiger partial charge in [-0.3, -0.25) is 0 Å². The molecular weight excluding hydrogens is 432 g/mol. The molecule has 0 aromatic carbocycles. The zero-order chi connectivity index (χ0) is 15.5. The predicted octanol–water partition coefficient (Wildman–Crippen LogP) is 3.89. The summed E-state index contributed by atoms with van der Waals surface area (Å²) in [4.78, 5) is 0. The van der Waals surface area contributed by atoms with Crippen molar-refractivity contribution in [2.75, 3.05) is 9.32 Å². The van der Waals surface area contributed by atoms with Crippen molar-refractivity contribution in [3.63, 3.8) is 0 Å². The quantitative estimate of drug-likeness (QED) is 0.353. The minimum Gasteiger partial charge on any atom is -0.223 e. The second-order valence-corrected chi connectivity index (χ2v) is 10.7. The van der Waals surface area contributed by atoms with E-state index in [9.17, 15) is 16.8 Å². The third-order valence-corrected chi connectivity index (χ3v) is 8.05. The summed E-state index contributed by atoms with van der Waals surface area (Å²) in [6, 6.07) is 0. The van der Waals surface area contributed by atoms with Crippen molar-refractivity contribution < 1.29 is 16.8 Å². The molecule has 0 aliphatic heterocycles.